The molecule has 9 heteroatoms. The van der Waals surface area contributed by atoms with Gasteiger partial charge >= 0.3 is 0 Å². The first-order valence-corrected chi connectivity index (χ1v) is 9.27. The van der Waals surface area contributed by atoms with Crippen molar-refractivity contribution in [2.24, 2.45) is 0 Å². The van der Waals surface area contributed by atoms with Crippen LogP contribution in [0.25, 0.3) is 0 Å². The summed E-state index contributed by atoms with van der Waals surface area (Å²) < 4.78 is 45.6. The molecule has 0 aliphatic carbocycles. The van der Waals surface area contributed by atoms with Gasteiger partial charge in [-0.15, -0.1) is 0 Å². The Kier molecular flexibility index (Phi) is 5.48. The molecule has 3 aromatic carbocycles. The quantitative estimate of drug-likeness (QED) is 0.428. The van der Waals surface area contributed by atoms with E-state index in [0.717, 1.165) is 17.7 Å². The first-order valence-electron chi connectivity index (χ1n) is 9.27. The molecule has 3 aromatic rings. The maximum atomic E-state index is 13.7. The molecule has 0 saturated carbocycles. The van der Waals surface area contributed by atoms with E-state index in [1.807, 2.05) is 18.2 Å². The Morgan fingerprint density at radius 2 is 1.74 bits per heavy atom. The summed E-state index contributed by atoms with van der Waals surface area (Å²) in [5.41, 5.74) is 5.40. The monoisotopic (exact) mass is 427 g/mol. The third-order valence-corrected chi connectivity index (χ3v) is 4.68. The van der Waals surface area contributed by atoms with Crippen LogP contribution in [0.1, 0.15) is 15.9 Å². The highest BCUT2D eigenvalue weighted by Gasteiger charge is 2.28. The van der Waals surface area contributed by atoms with Crippen LogP contribution in [0.15, 0.2) is 60.7 Å². The summed E-state index contributed by atoms with van der Waals surface area (Å²) in [6.45, 7) is 0. The van der Waals surface area contributed by atoms with Crippen molar-refractivity contribution in [1.82, 2.24) is 5.43 Å². The molecule has 1 atom stereocenters. The molecule has 0 spiro atoms. The molecular weight excluding hydrogens is 411 g/mol. The van der Waals surface area contributed by atoms with E-state index < -0.39 is 35.2 Å². The summed E-state index contributed by atoms with van der Waals surface area (Å²) in [7, 11) is 0. The van der Waals surface area contributed by atoms with Crippen LogP contribution in [-0.4, -0.2) is 17.9 Å². The number of ether oxygens (including phenoxy) is 1. The highest BCUT2D eigenvalue weighted by atomic mass is 19.2. The Labute approximate surface area is 175 Å². The van der Waals surface area contributed by atoms with Crippen molar-refractivity contribution in [1.29, 1.82) is 0 Å². The number of rotatable bonds is 5. The fourth-order valence-corrected chi connectivity index (χ4v) is 3.11. The molecule has 2 amide bonds. The van der Waals surface area contributed by atoms with Crippen molar-refractivity contribution in [3.05, 3.63) is 89.2 Å². The third-order valence-electron chi connectivity index (χ3n) is 4.68. The summed E-state index contributed by atoms with van der Waals surface area (Å²) in [5.74, 6) is -4.84. The van der Waals surface area contributed by atoms with E-state index in [1.165, 1.54) is 12.1 Å². The average molecular weight is 427 g/mol. The zero-order chi connectivity index (χ0) is 22.0. The first-order chi connectivity index (χ1) is 14.9. The molecule has 1 heterocycles. The summed E-state index contributed by atoms with van der Waals surface area (Å²) in [5, 5.41) is 2.69. The minimum atomic E-state index is -1.65. The smallest absolute Gasteiger partial charge is 0.269 e. The molecule has 3 N–H and O–H groups in total. The average Bonchev–Trinajstić information content (AvgIpc) is 3.21. The van der Waals surface area contributed by atoms with Crippen LogP contribution in [0.4, 0.5) is 24.5 Å². The lowest BCUT2D eigenvalue weighted by Gasteiger charge is -2.13. The maximum absolute atomic E-state index is 13.7. The fraction of sp³-hybridized carbons (Fsp3) is 0.0909. The Morgan fingerprint density at radius 3 is 2.55 bits per heavy atom. The number of benzene rings is 3. The molecule has 0 saturated heterocycles. The van der Waals surface area contributed by atoms with Crippen LogP contribution in [0, 0.1) is 17.5 Å². The molecule has 31 heavy (non-hydrogen) atoms. The van der Waals surface area contributed by atoms with Crippen molar-refractivity contribution in [3.8, 4) is 5.75 Å². The molecule has 158 valence electrons. The molecule has 1 aliphatic rings. The number of amides is 2. The molecule has 6 nitrogen and oxygen atoms in total. The number of halogens is 3. The van der Waals surface area contributed by atoms with Gasteiger partial charge in [0.05, 0.1) is 5.69 Å². The Morgan fingerprint density at radius 1 is 0.935 bits per heavy atom. The van der Waals surface area contributed by atoms with Gasteiger partial charge in [0, 0.05) is 17.7 Å². The molecule has 0 radical (unpaired) electrons. The maximum Gasteiger partial charge on any atom is 0.269 e. The fourth-order valence-electron chi connectivity index (χ4n) is 3.11. The molecule has 0 aromatic heterocycles. The van der Waals surface area contributed by atoms with Crippen molar-refractivity contribution in [3.63, 3.8) is 0 Å². The van der Waals surface area contributed by atoms with Gasteiger partial charge in [-0.25, -0.2) is 13.2 Å². The van der Waals surface area contributed by atoms with Gasteiger partial charge in [0.2, 0.25) is 0 Å². The van der Waals surface area contributed by atoms with Gasteiger partial charge in [0.15, 0.2) is 23.6 Å². The van der Waals surface area contributed by atoms with E-state index in [1.54, 1.807) is 18.2 Å². The number of hydrogen-bond donors (Lipinski definition) is 3. The van der Waals surface area contributed by atoms with Crippen LogP contribution in [0.5, 0.6) is 5.75 Å². The van der Waals surface area contributed by atoms with E-state index >= 15 is 0 Å². The number of hydrazine groups is 1. The largest absolute Gasteiger partial charge is 0.480 e. The Hall–Kier alpha value is -4.01. The van der Waals surface area contributed by atoms with E-state index in [2.05, 4.69) is 16.2 Å². The highest BCUT2D eigenvalue weighted by molar-refractivity contribution is 5.99. The molecule has 1 unspecified atom stereocenters. The molecule has 0 fully saturated rings. The topological polar surface area (TPSA) is 79.5 Å². The second-order valence-electron chi connectivity index (χ2n) is 6.79. The summed E-state index contributed by atoms with van der Waals surface area (Å²) >= 11 is 0. The highest BCUT2D eigenvalue weighted by Crippen LogP contribution is 2.28. The summed E-state index contributed by atoms with van der Waals surface area (Å²) in [4.78, 5) is 24.8. The molecule has 0 bridgehead atoms. The van der Waals surface area contributed by atoms with Crippen molar-refractivity contribution in [2.75, 3.05) is 10.7 Å². The van der Waals surface area contributed by atoms with Crippen LogP contribution in [0.3, 0.4) is 0 Å². The lowest BCUT2D eigenvalue weighted by molar-refractivity contribution is -0.122. The van der Waals surface area contributed by atoms with Crippen LogP contribution in [0.2, 0.25) is 0 Å². The third kappa shape index (κ3) is 4.30. The standard InChI is InChI=1S/C22H16F3N3O3/c23-15-8-9-16(20(25)19(15)24)27-28-21(29)13-5-3-6-14(10-13)26-22(30)18-11-12-4-1-2-7-17(12)31-18/h1-10,18,27H,11H2,(H,26,30)(H,28,29). The van der Waals surface area contributed by atoms with E-state index in [4.69, 9.17) is 4.74 Å². The number of nitrogens with one attached hydrogen (secondary N) is 3. The number of anilines is 2. The number of carbonyl (C=O) groups is 2. The van der Waals surface area contributed by atoms with Gasteiger partial charge in [-0.05, 0) is 42.0 Å². The van der Waals surface area contributed by atoms with Crippen LogP contribution < -0.4 is 20.9 Å². The first kappa shape index (κ1) is 20.3. The lowest BCUT2D eigenvalue weighted by Crippen LogP contribution is -2.32. The zero-order valence-corrected chi connectivity index (χ0v) is 15.9. The summed E-state index contributed by atoms with van der Waals surface area (Å²) in [6, 6.07) is 15.1. The number of fused-ring (bicyclic) bond motifs is 1. The SMILES string of the molecule is O=C(NNc1ccc(F)c(F)c1F)c1cccc(NC(=O)C2Cc3ccccc3O2)c1. The van der Waals surface area contributed by atoms with Crippen molar-refractivity contribution >= 4 is 23.2 Å². The van der Waals surface area contributed by atoms with E-state index in [0.29, 0.717) is 17.9 Å². The number of para-hydroxylation sites is 1. The predicted octanol–water partition coefficient (Wildman–Crippen LogP) is 3.80. The molecular formula is C22H16F3N3O3. The molecule has 4 rings (SSSR count). The van der Waals surface area contributed by atoms with Gasteiger partial charge in [0.25, 0.3) is 11.8 Å². The van der Waals surface area contributed by atoms with E-state index in [9.17, 15) is 22.8 Å². The minimum Gasteiger partial charge on any atom is -0.480 e. The number of carbonyl (C=O) groups excluding carboxylic acids is 2. The summed E-state index contributed by atoms with van der Waals surface area (Å²) in [6.07, 6.45) is -0.251. The lowest BCUT2D eigenvalue weighted by atomic mass is 10.1. The number of hydrogen-bond acceptors (Lipinski definition) is 4. The van der Waals surface area contributed by atoms with Crippen molar-refractivity contribution < 1.29 is 27.5 Å². The van der Waals surface area contributed by atoms with Gasteiger partial charge in [-0.1, -0.05) is 24.3 Å². The van der Waals surface area contributed by atoms with Gasteiger partial charge in [-0.3, -0.25) is 20.4 Å². The van der Waals surface area contributed by atoms with E-state index in [-0.39, 0.29) is 11.5 Å². The Bertz CT molecular complexity index is 1140. The van der Waals surface area contributed by atoms with Gasteiger partial charge < -0.3 is 10.1 Å². The normalized spacial score (nSPS) is 14.4. The predicted molar refractivity (Wildman–Crippen MR) is 107 cm³/mol. The van der Waals surface area contributed by atoms with Crippen LogP contribution >= 0.6 is 0 Å². The minimum absolute atomic E-state index is 0.143. The van der Waals surface area contributed by atoms with Crippen molar-refractivity contribution in [2.45, 2.75) is 12.5 Å². The second-order valence-corrected chi connectivity index (χ2v) is 6.79. The zero-order valence-electron chi connectivity index (χ0n) is 15.9. The Balaban J connectivity index is 1.38. The van der Waals surface area contributed by atoms with Gasteiger partial charge in [-0.2, -0.15) is 0 Å². The second kappa shape index (κ2) is 8.39. The molecule has 1 aliphatic heterocycles. The van der Waals surface area contributed by atoms with Crippen LogP contribution in [-0.2, 0) is 11.2 Å². The van der Waals surface area contributed by atoms with Gasteiger partial charge in [0.1, 0.15) is 5.75 Å².